The molecule has 0 spiro atoms. The van der Waals surface area contributed by atoms with E-state index in [1.807, 2.05) is 0 Å². The standard InChI is InChI=1S/C15H28N2O/c1-11(2)13-5-3-4-6-14(13)16-10-9-15(18)17-12-7-8-12/h11-14,16H,3-10H2,1-2H3,(H,17,18). The van der Waals surface area contributed by atoms with E-state index in [9.17, 15) is 4.79 Å². The third kappa shape index (κ3) is 4.27. The zero-order valence-electron chi connectivity index (χ0n) is 11.9. The predicted molar refractivity (Wildman–Crippen MR) is 74.4 cm³/mol. The third-order valence-corrected chi connectivity index (χ3v) is 4.38. The van der Waals surface area contributed by atoms with E-state index in [1.165, 1.54) is 38.5 Å². The first kappa shape index (κ1) is 13.9. The van der Waals surface area contributed by atoms with Crippen molar-refractivity contribution in [3.05, 3.63) is 0 Å². The van der Waals surface area contributed by atoms with Crippen LogP contribution in [0.15, 0.2) is 0 Å². The van der Waals surface area contributed by atoms with Crippen LogP contribution in [-0.2, 0) is 4.79 Å². The SMILES string of the molecule is CC(C)C1CCCCC1NCCC(=O)NC1CC1. The number of rotatable bonds is 6. The van der Waals surface area contributed by atoms with Gasteiger partial charge in [0.1, 0.15) is 0 Å². The normalized spacial score (nSPS) is 28.4. The largest absolute Gasteiger partial charge is 0.353 e. The Hall–Kier alpha value is -0.570. The Morgan fingerprint density at radius 3 is 2.56 bits per heavy atom. The van der Waals surface area contributed by atoms with Crippen LogP contribution in [0.2, 0.25) is 0 Å². The summed E-state index contributed by atoms with van der Waals surface area (Å²) in [7, 11) is 0. The fraction of sp³-hybridized carbons (Fsp3) is 0.933. The number of carbonyl (C=O) groups is 1. The van der Waals surface area contributed by atoms with Gasteiger partial charge in [-0.15, -0.1) is 0 Å². The van der Waals surface area contributed by atoms with Crippen LogP contribution < -0.4 is 10.6 Å². The van der Waals surface area contributed by atoms with E-state index in [0.717, 1.165) is 18.4 Å². The maximum Gasteiger partial charge on any atom is 0.221 e. The fourth-order valence-corrected chi connectivity index (χ4v) is 3.11. The van der Waals surface area contributed by atoms with Gasteiger partial charge in [0.05, 0.1) is 0 Å². The van der Waals surface area contributed by atoms with Gasteiger partial charge in [-0.3, -0.25) is 4.79 Å². The third-order valence-electron chi connectivity index (χ3n) is 4.38. The molecule has 2 saturated carbocycles. The second-order valence-electron chi connectivity index (χ2n) is 6.34. The molecule has 2 N–H and O–H groups in total. The summed E-state index contributed by atoms with van der Waals surface area (Å²) < 4.78 is 0. The van der Waals surface area contributed by atoms with Gasteiger partial charge in [0, 0.05) is 25.0 Å². The van der Waals surface area contributed by atoms with Gasteiger partial charge in [-0.2, -0.15) is 0 Å². The van der Waals surface area contributed by atoms with Crippen LogP contribution in [0.4, 0.5) is 0 Å². The van der Waals surface area contributed by atoms with Crippen LogP contribution in [0.25, 0.3) is 0 Å². The molecule has 2 rings (SSSR count). The van der Waals surface area contributed by atoms with Gasteiger partial charge in [0.25, 0.3) is 0 Å². The van der Waals surface area contributed by atoms with Crippen LogP contribution in [0.3, 0.4) is 0 Å². The summed E-state index contributed by atoms with van der Waals surface area (Å²) in [5.41, 5.74) is 0. The molecule has 104 valence electrons. The Kier molecular flexibility index (Phi) is 5.04. The molecule has 2 unspecified atom stereocenters. The summed E-state index contributed by atoms with van der Waals surface area (Å²) >= 11 is 0. The molecule has 3 heteroatoms. The van der Waals surface area contributed by atoms with Gasteiger partial charge in [-0.1, -0.05) is 26.7 Å². The zero-order valence-corrected chi connectivity index (χ0v) is 11.9. The summed E-state index contributed by atoms with van der Waals surface area (Å²) in [5, 5.41) is 6.66. The van der Waals surface area contributed by atoms with Crippen molar-refractivity contribution in [2.75, 3.05) is 6.54 Å². The first-order chi connectivity index (χ1) is 8.66. The number of amides is 1. The lowest BCUT2D eigenvalue weighted by molar-refractivity contribution is -0.121. The zero-order chi connectivity index (χ0) is 13.0. The van der Waals surface area contributed by atoms with Gasteiger partial charge in [0.15, 0.2) is 0 Å². The van der Waals surface area contributed by atoms with E-state index < -0.39 is 0 Å². The molecule has 0 saturated heterocycles. The monoisotopic (exact) mass is 252 g/mol. The Morgan fingerprint density at radius 1 is 1.17 bits per heavy atom. The highest BCUT2D eigenvalue weighted by molar-refractivity contribution is 5.76. The first-order valence-electron chi connectivity index (χ1n) is 7.69. The van der Waals surface area contributed by atoms with Gasteiger partial charge in [-0.25, -0.2) is 0 Å². The van der Waals surface area contributed by atoms with Crippen molar-refractivity contribution < 1.29 is 4.79 Å². The van der Waals surface area contributed by atoms with Gasteiger partial charge in [0.2, 0.25) is 5.91 Å². The van der Waals surface area contributed by atoms with Crippen LogP contribution in [0, 0.1) is 11.8 Å². The van der Waals surface area contributed by atoms with Gasteiger partial charge in [-0.05, 0) is 37.5 Å². The van der Waals surface area contributed by atoms with Crippen molar-refractivity contribution in [3.8, 4) is 0 Å². The van der Waals surface area contributed by atoms with E-state index in [-0.39, 0.29) is 5.91 Å². The van der Waals surface area contributed by atoms with Crippen molar-refractivity contribution in [2.45, 2.75) is 70.9 Å². The van der Waals surface area contributed by atoms with E-state index in [4.69, 9.17) is 0 Å². The van der Waals surface area contributed by atoms with Gasteiger partial charge < -0.3 is 10.6 Å². The minimum Gasteiger partial charge on any atom is -0.353 e. The molecule has 2 aliphatic carbocycles. The highest BCUT2D eigenvalue weighted by Gasteiger charge is 2.27. The van der Waals surface area contributed by atoms with Gasteiger partial charge >= 0.3 is 0 Å². The lowest BCUT2D eigenvalue weighted by atomic mass is 9.78. The summed E-state index contributed by atoms with van der Waals surface area (Å²) in [6, 6.07) is 1.13. The molecule has 0 aromatic rings. The van der Waals surface area contributed by atoms with Crippen molar-refractivity contribution in [1.29, 1.82) is 0 Å². The molecular formula is C15H28N2O. The second kappa shape index (κ2) is 6.55. The number of hydrogen-bond donors (Lipinski definition) is 2. The molecule has 2 aliphatic rings. The topological polar surface area (TPSA) is 41.1 Å². The Morgan fingerprint density at radius 2 is 1.89 bits per heavy atom. The number of hydrogen-bond acceptors (Lipinski definition) is 2. The van der Waals surface area contributed by atoms with Crippen LogP contribution >= 0.6 is 0 Å². The molecule has 2 fully saturated rings. The number of carbonyl (C=O) groups excluding carboxylic acids is 1. The lowest BCUT2D eigenvalue weighted by Gasteiger charge is -2.35. The Labute approximate surface area is 111 Å². The second-order valence-corrected chi connectivity index (χ2v) is 6.34. The first-order valence-corrected chi connectivity index (χ1v) is 7.69. The summed E-state index contributed by atoms with van der Waals surface area (Å²) in [5.74, 6) is 1.77. The number of nitrogens with one attached hydrogen (secondary N) is 2. The molecule has 1 amide bonds. The van der Waals surface area contributed by atoms with E-state index in [1.54, 1.807) is 0 Å². The van der Waals surface area contributed by atoms with Crippen molar-refractivity contribution in [1.82, 2.24) is 10.6 Å². The minimum atomic E-state index is 0.224. The lowest BCUT2D eigenvalue weighted by Crippen LogP contribution is -2.42. The molecule has 0 aromatic carbocycles. The van der Waals surface area contributed by atoms with Crippen molar-refractivity contribution in [2.24, 2.45) is 11.8 Å². The molecule has 2 atom stereocenters. The quantitative estimate of drug-likeness (QED) is 0.762. The van der Waals surface area contributed by atoms with E-state index >= 15 is 0 Å². The van der Waals surface area contributed by atoms with Crippen molar-refractivity contribution in [3.63, 3.8) is 0 Å². The fourth-order valence-electron chi connectivity index (χ4n) is 3.11. The maximum atomic E-state index is 11.6. The van der Waals surface area contributed by atoms with Crippen LogP contribution in [-0.4, -0.2) is 24.5 Å². The summed E-state index contributed by atoms with van der Waals surface area (Å²) in [6.07, 6.45) is 8.35. The van der Waals surface area contributed by atoms with Crippen molar-refractivity contribution >= 4 is 5.91 Å². The summed E-state index contributed by atoms with van der Waals surface area (Å²) in [6.45, 7) is 5.49. The van der Waals surface area contributed by atoms with E-state index in [2.05, 4.69) is 24.5 Å². The molecule has 3 nitrogen and oxygen atoms in total. The molecular weight excluding hydrogens is 224 g/mol. The van der Waals surface area contributed by atoms with Crippen LogP contribution in [0.5, 0.6) is 0 Å². The Bertz CT molecular complexity index is 274. The average Bonchev–Trinajstić information content (AvgIpc) is 3.13. The maximum absolute atomic E-state index is 11.6. The average molecular weight is 252 g/mol. The molecule has 0 aromatic heterocycles. The summed E-state index contributed by atoms with van der Waals surface area (Å²) in [4.78, 5) is 11.6. The predicted octanol–water partition coefficient (Wildman–Crippen LogP) is 2.46. The van der Waals surface area contributed by atoms with E-state index in [0.29, 0.717) is 18.5 Å². The van der Waals surface area contributed by atoms with Crippen LogP contribution in [0.1, 0.15) is 58.8 Å². The smallest absolute Gasteiger partial charge is 0.221 e. The molecule has 0 radical (unpaired) electrons. The highest BCUT2D eigenvalue weighted by atomic mass is 16.1. The Balaban J connectivity index is 1.65. The molecule has 0 heterocycles. The molecule has 18 heavy (non-hydrogen) atoms. The molecule has 0 aliphatic heterocycles. The highest BCUT2D eigenvalue weighted by Crippen LogP contribution is 2.30. The minimum absolute atomic E-state index is 0.224. The molecule has 0 bridgehead atoms.